The van der Waals surface area contributed by atoms with Crippen molar-refractivity contribution in [3.8, 4) is 11.5 Å². The van der Waals surface area contributed by atoms with Crippen LogP contribution < -0.4 is 15.2 Å². The lowest BCUT2D eigenvalue weighted by atomic mass is 9.78. The molecule has 2 aromatic carbocycles. The van der Waals surface area contributed by atoms with Gasteiger partial charge in [0, 0.05) is 12.6 Å². The Morgan fingerprint density at radius 1 is 0.778 bits per heavy atom. The Balaban J connectivity index is 0.000000381. The maximum Gasteiger partial charge on any atom is 0.120 e. The van der Waals surface area contributed by atoms with E-state index < -0.39 is 0 Å². The van der Waals surface area contributed by atoms with Crippen molar-refractivity contribution in [1.29, 1.82) is 0 Å². The summed E-state index contributed by atoms with van der Waals surface area (Å²) < 4.78 is 11.1. The van der Waals surface area contributed by atoms with Crippen LogP contribution >= 0.6 is 0 Å². The molecule has 0 radical (unpaired) electrons. The van der Waals surface area contributed by atoms with Crippen LogP contribution in [0.5, 0.6) is 11.5 Å². The molecule has 0 aliphatic rings. The first-order valence-electron chi connectivity index (χ1n) is 13.2. The van der Waals surface area contributed by atoms with Gasteiger partial charge >= 0.3 is 0 Å². The first kappa shape index (κ1) is 31.5. The minimum Gasteiger partial charge on any atom is -0.490 e. The van der Waals surface area contributed by atoms with E-state index in [1.807, 2.05) is 36.4 Å². The molecule has 0 fully saturated rings. The standard InChI is InChI=1S/C19H30O2.C13H19NO/c1-6-10-21-18-9-7-8-16(11-18)19(15(4)5)12-17(13-20)14(2)3;1-4-8-15-12-7-5-6-11(9-12)13(14)10(2)3/h6-9,11,14-15,17,19-20H,1,10,12-13H2,2-5H3;4-7,9-10,13H,1,8,14H2,2-3H3/t17-,19+;13-/m01/s1. The molecule has 0 spiro atoms. The van der Waals surface area contributed by atoms with Crippen LogP contribution in [0, 0.1) is 23.7 Å². The number of aliphatic hydroxyl groups is 1. The second-order valence-electron chi connectivity index (χ2n) is 10.4. The number of ether oxygens (including phenoxy) is 2. The summed E-state index contributed by atoms with van der Waals surface area (Å²) in [7, 11) is 0. The van der Waals surface area contributed by atoms with Gasteiger partial charge in [-0.15, -0.1) is 0 Å². The Bertz CT molecular complexity index is 890. The minimum absolute atomic E-state index is 0.0669. The van der Waals surface area contributed by atoms with E-state index in [0.717, 1.165) is 23.5 Å². The van der Waals surface area contributed by atoms with E-state index in [-0.39, 0.29) is 12.6 Å². The largest absolute Gasteiger partial charge is 0.490 e. The Kier molecular flexibility index (Phi) is 14.9. The number of nitrogens with two attached hydrogens (primary N) is 1. The fourth-order valence-corrected chi connectivity index (χ4v) is 4.02. The second kappa shape index (κ2) is 17.0. The molecule has 3 N–H and O–H groups in total. The molecule has 2 rings (SSSR count). The predicted molar refractivity (Wildman–Crippen MR) is 154 cm³/mol. The van der Waals surface area contributed by atoms with Gasteiger partial charge in [0.05, 0.1) is 0 Å². The quantitative estimate of drug-likeness (QED) is 0.266. The summed E-state index contributed by atoms with van der Waals surface area (Å²) in [4.78, 5) is 0. The smallest absolute Gasteiger partial charge is 0.120 e. The average Bonchev–Trinajstić information content (AvgIpc) is 2.86. The summed E-state index contributed by atoms with van der Waals surface area (Å²) in [6, 6.07) is 16.3. The van der Waals surface area contributed by atoms with Crippen LogP contribution in [0.15, 0.2) is 73.8 Å². The van der Waals surface area contributed by atoms with Crippen molar-refractivity contribution in [3.63, 3.8) is 0 Å². The van der Waals surface area contributed by atoms with Gasteiger partial charge in [-0.3, -0.25) is 0 Å². The van der Waals surface area contributed by atoms with E-state index in [1.165, 1.54) is 5.56 Å². The molecular formula is C32H49NO3. The molecule has 3 atom stereocenters. The highest BCUT2D eigenvalue weighted by Crippen LogP contribution is 2.34. The van der Waals surface area contributed by atoms with Gasteiger partial charge in [-0.05, 0) is 71.4 Å². The number of hydrogen-bond acceptors (Lipinski definition) is 4. The van der Waals surface area contributed by atoms with E-state index >= 15 is 0 Å². The van der Waals surface area contributed by atoms with Gasteiger partial charge in [-0.2, -0.15) is 0 Å². The third kappa shape index (κ3) is 11.0. The monoisotopic (exact) mass is 495 g/mol. The summed E-state index contributed by atoms with van der Waals surface area (Å²) in [5.41, 5.74) is 8.47. The van der Waals surface area contributed by atoms with Gasteiger partial charge in [0.1, 0.15) is 24.7 Å². The molecule has 0 heterocycles. The molecule has 0 unspecified atom stereocenters. The van der Waals surface area contributed by atoms with E-state index in [4.69, 9.17) is 15.2 Å². The zero-order valence-corrected chi connectivity index (χ0v) is 23.3. The SMILES string of the molecule is C=CCOc1cccc([C@H](C[C@@H](CO)C(C)C)C(C)C)c1.C=CCOc1cccc([C@H](N)C(C)C)c1. The Labute approximate surface area is 220 Å². The molecule has 4 nitrogen and oxygen atoms in total. The fourth-order valence-electron chi connectivity index (χ4n) is 4.02. The number of hydrogen-bond donors (Lipinski definition) is 2. The van der Waals surface area contributed by atoms with Crippen LogP contribution in [0.4, 0.5) is 0 Å². The van der Waals surface area contributed by atoms with E-state index in [0.29, 0.717) is 42.8 Å². The van der Waals surface area contributed by atoms with Gasteiger partial charge in [-0.25, -0.2) is 0 Å². The lowest BCUT2D eigenvalue weighted by Crippen LogP contribution is -2.20. The highest BCUT2D eigenvalue weighted by molar-refractivity contribution is 5.32. The maximum atomic E-state index is 9.61. The fraction of sp³-hybridized carbons (Fsp3) is 0.500. The van der Waals surface area contributed by atoms with Crippen LogP contribution in [0.2, 0.25) is 0 Å². The van der Waals surface area contributed by atoms with Crippen LogP contribution in [-0.2, 0) is 0 Å². The molecule has 0 aliphatic carbocycles. The molecule has 2 aromatic rings. The molecule has 0 bridgehead atoms. The van der Waals surface area contributed by atoms with Gasteiger partial charge < -0.3 is 20.3 Å². The highest BCUT2D eigenvalue weighted by atomic mass is 16.5. The Morgan fingerprint density at radius 3 is 1.69 bits per heavy atom. The van der Waals surface area contributed by atoms with Gasteiger partial charge in [0.15, 0.2) is 0 Å². The van der Waals surface area contributed by atoms with Crippen molar-refractivity contribution in [2.45, 2.75) is 59.9 Å². The van der Waals surface area contributed by atoms with Crippen LogP contribution in [-0.4, -0.2) is 24.9 Å². The van der Waals surface area contributed by atoms with E-state index in [2.05, 4.69) is 66.8 Å². The number of rotatable bonds is 14. The second-order valence-corrected chi connectivity index (χ2v) is 10.4. The van der Waals surface area contributed by atoms with Crippen molar-refractivity contribution in [2.75, 3.05) is 19.8 Å². The zero-order chi connectivity index (χ0) is 27.1. The predicted octanol–water partition coefficient (Wildman–Crippen LogP) is 7.55. The average molecular weight is 496 g/mol. The van der Waals surface area contributed by atoms with Crippen molar-refractivity contribution in [3.05, 3.63) is 85.0 Å². The van der Waals surface area contributed by atoms with Crippen molar-refractivity contribution >= 4 is 0 Å². The molecule has 0 aromatic heterocycles. The van der Waals surface area contributed by atoms with Gasteiger partial charge in [-0.1, -0.05) is 91.1 Å². The third-order valence-electron chi connectivity index (χ3n) is 6.52. The molecule has 0 saturated heterocycles. The van der Waals surface area contributed by atoms with Crippen LogP contribution in [0.3, 0.4) is 0 Å². The summed E-state index contributed by atoms with van der Waals surface area (Å²) in [6.07, 6.45) is 4.50. The zero-order valence-electron chi connectivity index (χ0n) is 23.3. The molecule has 200 valence electrons. The summed E-state index contributed by atoms with van der Waals surface area (Å²) >= 11 is 0. The summed E-state index contributed by atoms with van der Waals surface area (Å²) in [5.74, 6) is 3.99. The number of benzene rings is 2. The van der Waals surface area contributed by atoms with Crippen molar-refractivity contribution in [2.24, 2.45) is 29.4 Å². The Hall–Kier alpha value is -2.56. The summed E-state index contributed by atoms with van der Waals surface area (Å²) in [5, 5.41) is 9.61. The molecule has 0 saturated carbocycles. The van der Waals surface area contributed by atoms with Gasteiger partial charge in [0.25, 0.3) is 0 Å². The molecule has 4 heteroatoms. The lowest BCUT2D eigenvalue weighted by Gasteiger charge is -2.28. The first-order valence-corrected chi connectivity index (χ1v) is 13.2. The normalized spacial score (nSPS) is 13.5. The van der Waals surface area contributed by atoms with Gasteiger partial charge in [0.2, 0.25) is 0 Å². The van der Waals surface area contributed by atoms with E-state index in [9.17, 15) is 5.11 Å². The highest BCUT2D eigenvalue weighted by Gasteiger charge is 2.23. The Morgan fingerprint density at radius 2 is 1.28 bits per heavy atom. The first-order chi connectivity index (χ1) is 17.1. The van der Waals surface area contributed by atoms with Crippen molar-refractivity contribution in [1.82, 2.24) is 0 Å². The van der Waals surface area contributed by atoms with E-state index in [1.54, 1.807) is 12.2 Å². The number of aliphatic hydroxyl groups excluding tert-OH is 1. The molecule has 0 aliphatic heterocycles. The van der Waals surface area contributed by atoms with Crippen molar-refractivity contribution < 1.29 is 14.6 Å². The molecular weight excluding hydrogens is 446 g/mol. The third-order valence-corrected chi connectivity index (χ3v) is 6.52. The maximum absolute atomic E-state index is 9.61. The summed E-state index contributed by atoms with van der Waals surface area (Å²) in [6.45, 7) is 21.7. The topological polar surface area (TPSA) is 64.7 Å². The van der Waals surface area contributed by atoms with Crippen LogP contribution in [0.1, 0.15) is 71.0 Å². The molecule has 36 heavy (non-hydrogen) atoms. The minimum atomic E-state index is 0.0669. The van der Waals surface area contributed by atoms with Crippen LogP contribution in [0.25, 0.3) is 0 Å². The molecule has 0 amide bonds. The lowest BCUT2D eigenvalue weighted by molar-refractivity contribution is 0.166.